The van der Waals surface area contributed by atoms with Gasteiger partial charge in [-0.1, -0.05) is 25.1 Å². The van der Waals surface area contributed by atoms with E-state index in [0.717, 1.165) is 0 Å². The molecule has 0 N–H and O–H groups in total. The van der Waals surface area contributed by atoms with Gasteiger partial charge in [0.25, 0.3) is 0 Å². The van der Waals surface area contributed by atoms with E-state index in [1.165, 1.54) is 25.7 Å². The maximum atomic E-state index is 4.82. The molecule has 1 unspecified atom stereocenters. The molecule has 8 heavy (non-hydrogen) atoms. The van der Waals surface area contributed by atoms with Gasteiger partial charge in [-0.25, -0.2) is 0 Å². The summed E-state index contributed by atoms with van der Waals surface area (Å²) in [4.78, 5) is 0. The summed E-state index contributed by atoms with van der Waals surface area (Å²) in [5.41, 5.74) is 0. The molecule has 1 aliphatic rings. The lowest BCUT2D eigenvalue weighted by Gasteiger charge is -2.15. The molecule has 0 aromatic rings. The third-order valence-electron chi connectivity index (χ3n) is 1.64. The van der Waals surface area contributed by atoms with Crippen molar-refractivity contribution in [1.82, 2.24) is 0 Å². The Hall–Kier alpha value is 0.0900. The van der Waals surface area contributed by atoms with Crippen molar-refractivity contribution in [3.63, 3.8) is 0 Å². The minimum Gasteiger partial charge on any atom is -0.0932 e. The highest BCUT2D eigenvalue weighted by molar-refractivity contribution is 7.79. The van der Waals surface area contributed by atoms with Crippen LogP contribution in [0.1, 0.15) is 25.7 Å². The number of rotatable bonds is 1. The van der Waals surface area contributed by atoms with Gasteiger partial charge in [0.15, 0.2) is 0 Å². The monoisotopic (exact) mass is 127 g/mol. The normalized spacial score (nSPS) is 23.0. The molecule has 0 heterocycles. The second-order valence-corrected chi connectivity index (χ2v) is 2.59. The number of thiocarbonyl (C=S) groups is 1. The predicted molar refractivity (Wildman–Crippen MR) is 39.9 cm³/mol. The molecule has 1 rings (SSSR count). The molecule has 0 amide bonds. The first-order valence-electron chi connectivity index (χ1n) is 3.22. The molecule has 0 spiro atoms. The van der Waals surface area contributed by atoms with Crippen LogP contribution in [0.2, 0.25) is 0 Å². The Labute approximate surface area is 56.3 Å². The van der Waals surface area contributed by atoms with Gasteiger partial charge in [0.05, 0.1) is 0 Å². The molecule has 0 aliphatic heterocycles. The second kappa shape index (κ2) is 3.18. The van der Waals surface area contributed by atoms with Crippen LogP contribution in [0.15, 0.2) is 0 Å². The van der Waals surface area contributed by atoms with Crippen LogP contribution in [0, 0.1) is 12.3 Å². The van der Waals surface area contributed by atoms with Gasteiger partial charge in [-0.05, 0) is 30.5 Å². The van der Waals surface area contributed by atoms with Gasteiger partial charge in [0.2, 0.25) is 0 Å². The summed E-state index contributed by atoms with van der Waals surface area (Å²) >= 11 is 4.82. The first-order valence-corrected chi connectivity index (χ1v) is 3.69. The highest BCUT2D eigenvalue weighted by Gasteiger charge is 2.09. The van der Waals surface area contributed by atoms with E-state index < -0.39 is 0 Å². The van der Waals surface area contributed by atoms with Gasteiger partial charge in [-0.3, -0.25) is 0 Å². The number of hydrogen-bond acceptors (Lipinski definition) is 1. The first-order chi connectivity index (χ1) is 3.93. The summed E-state index contributed by atoms with van der Waals surface area (Å²) in [6, 6.07) is 0. The van der Waals surface area contributed by atoms with Crippen LogP contribution in [0.4, 0.5) is 0 Å². The molecule has 1 saturated carbocycles. The van der Waals surface area contributed by atoms with Crippen molar-refractivity contribution in [3.05, 3.63) is 6.42 Å². The van der Waals surface area contributed by atoms with E-state index in [-0.39, 0.29) is 0 Å². The Morgan fingerprint density at radius 3 is 2.75 bits per heavy atom. The van der Waals surface area contributed by atoms with Crippen molar-refractivity contribution >= 4 is 17.6 Å². The maximum absolute atomic E-state index is 4.82. The smallest absolute Gasteiger partial charge is 0.00973 e. The fraction of sp³-hybridized carbons (Fsp3) is 0.714. The lowest BCUT2D eigenvalue weighted by molar-refractivity contribution is 0.540. The van der Waals surface area contributed by atoms with Gasteiger partial charge in [0, 0.05) is 0 Å². The van der Waals surface area contributed by atoms with Crippen molar-refractivity contribution in [3.8, 4) is 0 Å². The van der Waals surface area contributed by atoms with E-state index >= 15 is 0 Å². The quantitative estimate of drug-likeness (QED) is 0.487. The lowest BCUT2D eigenvalue weighted by atomic mass is 9.91. The largest absolute Gasteiger partial charge is 0.0932 e. The molecule has 45 valence electrons. The third kappa shape index (κ3) is 1.55. The van der Waals surface area contributed by atoms with Gasteiger partial charge in [0.1, 0.15) is 0 Å². The van der Waals surface area contributed by atoms with Gasteiger partial charge in [-0.2, -0.15) is 0 Å². The summed E-state index contributed by atoms with van der Waals surface area (Å²) in [6.45, 7) is 0. The molecule has 1 aliphatic carbocycles. The summed E-state index contributed by atoms with van der Waals surface area (Å²) in [5.74, 6) is 0.652. The fourth-order valence-electron chi connectivity index (χ4n) is 1.10. The Morgan fingerprint density at radius 1 is 1.50 bits per heavy atom. The minimum absolute atomic E-state index is 0.652. The molecular formula is C7H11S. The highest BCUT2D eigenvalue weighted by atomic mass is 32.1. The van der Waals surface area contributed by atoms with Gasteiger partial charge < -0.3 is 0 Å². The Bertz CT molecular complexity index is 72.5. The van der Waals surface area contributed by atoms with E-state index in [2.05, 4.69) is 6.42 Å². The Morgan fingerprint density at radius 2 is 2.38 bits per heavy atom. The van der Waals surface area contributed by atoms with E-state index in [9.17, 15) is 0 Å². The zero-order valence-corrected chi connectivity index (χ0v) is 5.79. The maximum Gasteiger partial charge on any atom is -0.00973 e. The predicted octanol–water partition coefficient (Wildman–Crippen LogP) is 2.38. The third-order valence-corrected chi connectivity index (χ3v) is 1.99. The summed E-state index contributed by atoms with van der Waals surface area (Å²) < 4.78 is 0. The summed E-state index contributed by atoms with van der Waals surface area (Å²) in [6.07, 6.45) is 7.64. The molecule has 1 heteroatoms. The topological polar surface area (TPSA) is 0 Å². The molecule has 1 atom stereocenters. The molecule has 0 aromatic heterocycles. The number of hydrogen-bond donors (Lipinski definition) is 0. The van der Waals surface area contributed by atoms with Crippen LogP contribution >= 0.6 is 12.2 Å². The van der Waals surface area contributed by atoms with E-state index in [4.69, 9.17) is 12.2 Å². The van der Waals surface area contributed by atoms with Crippen molar-refractivity contribution in [2.75, 3.05) is 0 Å². The van der Waals surface area contributed by atoms with Crippen molar-refractivity contribution in [1.29, 1.82) is 0 Å². The molecule has 0 aromatic carbocycles. The van der Waals surface area contributed by atoms with E-state index in [1.54, 1.807) is 0 Å². The zero-order chi connectivity index (χ0) is 5.82. The molecule has 0 saturated heterocycles. The SMILES string of the molecule is S=CC1[CH]CCCC1. The summed E-state index contributed by atoms with van der Waals surface area (Å²) in [5, 5.41) is 1.89. The molecular weight excluding hydrogens is 116 g/mol. The average Bonchev–Trinajstić information content (AvgIpc) is 1.90. The van der Waals surface area contributed by atoms with E-state index in [0.29, 0.717) is 5.92 Å². The van der Waals surface area contributed by atoms with Gasteiger partial charge >= 0.3 is 0 Å². The minimum atomic E-state index is 0.652. The van der Waals surface area contributed by atoms with Crippen molar-refractivity contribution < 1.29 is 0 Å². The summed E-state index contributed by atoms with van der Waals surface area (Å²) in [7, 11) is 0. The van der Waals surface area contributed by atoms with Gasteiger partial charge in [-0.15, -0.1) is 0 Å². The van der Waals surface area contributed by atoms with Crippen molar-refractivity contribution in [2.45, 2.75) is 25.7 Å². The van der Waals surface area contributed by atoms with Crippen LogP contribution in [-0.2, 0) is 0 Å². The zero-order valence-electron chi connectivity index (χ0n) is 4.97. The van der Waals surface area contributed by atoms with Crippen LogP contribution in [0.25, 0.3) is 0 Å². The van der Waals surface area contributed by atoms with E-state index in [1.807, 2.05) is 5.37 Å². The fourth-order valence-corrected chi connectivity index (χ4v) is 1.34. The van der Waals surface area contributed by atoms with Crippen molar-refractivity contribution in [2.24, 2.45) is 5.92 Å². The molecule has 0 nitrogen and oxygen atoms in total. The standard InChI is InChI=1S/C7H11S/c8-6-7-4-2-1-3-5-7/h4,6-7H,1-3,5H2. The Balaban J connectivity index is 2.22. The molecule has 0 bridgehead atoms. The average molecular weight is 127 g/mol. The van der Waals surface area contributed by atoms with Crippen LogP contribution in [0.5, 0.6) is 0 Å². The second-order valence-electron chi connectivity index (χ2n) is 2.32. The lowest BCUT2D eigenvalue weighted by Crippen LogP contribution is -2.06. The first kappa shape index (κ1) is 6.21. The van der Waals surface area contributed by atoms with Crippen LogP contribution < -0.4 is 0 Å². The van der Waals surface area contributed by atoms with Crippen LogP contribution in [0.3, 0.4) is 0 Å². The van der Waals surface area contributed by atoms with Crippen LogP contribution in [-0.4, -0.2) is 5.37 Å². The Kier molecular flexibility index (Phi) is 2.47. The highest BCUT2D eigenvalue weighted by Crippen LogP contribution is 2.20. The molecule has 1 fully saturated rings. The molecule has 1 radical (unpaired) electrons.